The van der Waals surface area contributed by atoms with Crippen LogP contribution in [-0.2, 0) is 0 Å². The molecule has 0 aromatic heterocycles. The second-order valence-corrected chi connectivity index (χ2v) is 5.91. The number of halogens is 1. The summed E-state index contributed by atoms with van der Waals surface area (Å²) in [5, 5.41) is 4.26. The van der Waals surface area contributed by atoms with E-state index in [9.17, 15) is 0 Å². The zero-order chi connectivity index (χ0) is 13.1. The number of rotatable bonds is 3. The van der Waals surface area contributed by atoms with Gasteiger partial charge in [-0.05, 0) is 36.1 Å². The zero-order valence-electron chi connectivity index (χ0n) is 11.5. The highest BCUT2D eigenvalue weighted by atomic mass is 35.5. The highest BCUT2D eigenvalue weighted by Crippen LogP contribution is 2.32. The van der Waals surface area contributed by atoms with E-state index in [1.807, 2.05) is 6.07 Å². The average molecular weight is 267 g/mol. The van der Waals surface area contributed by atoms with Crippen LogP contribution in [0.15, 0.2) is 18.2 Å². The van der Waals surface area contributed by atoms with Gasteiger partial charge in [0, 0.05) is 37.2 Å². The first-order chi connectivity index (χ1) is 8.59. The molecule has 0 saturated carbocycles. The minimum Gasteiger partial charge on any atom is -0.314 e. The molecule has 1 atom stereocenters. The summed E-state index contributed by atoms with van der Waals surface area (Å²) in [5.74, 6) is 0.597. The van der Waals surface area contributed by atoms with Crippen LogP contribution in [0.4, 0.5) is 0 Å². The fraction of sp³-hybridized carbons (Fsp3) is 0.600. The lowest BCUT2D eigenvalue weighted by molar-refractivity contribution is 0.136. The van der Waals surface area contributed by atoms with Gasteiger partial charge in [0.25, 0.3) is 0 Å². The number of aryl methyl sites for hydroxylation is 1. The average Bonchev–Trinajstić information content (AvgIpc) is 2.35. The maximum atomic E-state index is 6.17. The highest BCUT2D eigenvalue weighted by Gasteiger charge is 2.26. The van der Waals surface area contributed by atoms with Gasteiger partial charge in [-0.2, -0.15) is 0 Å². The summed E-state index contributed by atoms with van der Waals surface area (Å²) in [4.78, 5) is 2.58. The van der Waals surface area contributed by atoms with Gasteiger partial charge >= 0.3 is 0 Å². The van der Waals surface area contributed by atoms with E-state index in [2.05, 4.69) is 43.1 Å². The molecule has 0 amide bonds. The van der Waals surface area contributed by atoms with Crippen LogP contribution in [0.1, 0.15) is 31.0 Å². The van der Waals surface area contributed by atoms with Crippen molar-refractivity contribution in [3.05, 3.63) is 34.3 Å². The molecular formula is C15H23ClN2. The summed E-state index contributed by atoms with van der Waals surface area (Å²) in [6, 6.07) is 6.74. The number of hydrogen-bond acceptors (Lipinski definition) is 2. The largest absolute Gasteiger partial charge is 0.314 e. The third-order valence-corrected chi connectivity index (χ3v) is 3.97. The third kappa shape index (κ3) is 3.05. The van der Waals surface area contributed by atoms with Crippen LogP contribution in [0.2, 0.25) is 5.02 Å². The molecule has 1 aromatic rings. The fourth-order valence-corrected chi connectivity index (χ4v) is 3.05. The molecule has 0 spiro atoms. The first-order valence-corrected chi connectivity index (χ1v) is 7.18. The standard InChI is InChI=1S/C15H23ClN2/c1-11(2)15(18-8-6-17-7-9-18)14-10-13(16)5-4-12(14)3/h4-5,10-11,15,17H,6-9H2,1-3H3. The van der Waals surface area contributed by atoms with Crippen molar-refractivity contribution in [3.8, 4) is 0 Å². The summed E-state index contributed by atoms with van der Waals surface area (Å²) in [6.07, 6.45) is 0. The molecular weight excluding hydrogens is 244 g/mol. The van der Waals surface area contributed by atoms with E-state index in [4.69, 9.17) is 11.6 Å². The molecule has 0 aliphatic carbocycles. The van der Waals surface area contributed by atoms with Crippen LogP contribution >= 0.6 is 11.6 Å². The number of hydrogen-bond donors (Lipinski definition) is 1. The molecule has 1 unspecified atom stereocenters. The first kappa shape index (κ1) is 13.9. The number of nitrogens with one attached hydrogen (secondary N) is 1. The lowest BCUT2D eigenvalue weighted by atomic mass is 9.91. The van der Waals surface area contributed by atoms with Crippen LogP contribution in [0.3, 0.4) is 0 Å². The molecule has 1 aromatic carbocycles. The van der Waals surface area contributed by atoms with Crippen molar-refractivity contribution in [3.63, 3.8) is 0 Å². The Hall–Kier alpha value is -0.570. The minimum absolute atomic E-state index is 0.478. The van der Waals surface area contributed by atoms with E-state index in [-0.39, 0.29) is 0 Å². The van der Waals surface area contributed by atoms with E-state index in [0.29, 0.717) is 12.0 Å². The first-order valence-electron chi connectivity index (χ1n) is 6.80. The molecule has 1 heterocycles. The molecule has 0 bridgehead atoms. The monoisotopic (exact) mass is 266 g/mol. The molecule has 1 N–H and O–H groups in total. The maximum Gasteiger partial charge on any atom is 0.0409 e. The lowest BCUT2D eigenvalue weighted by Crippen LogP contribution is -2.46. The Morgan fingerprint density at radius 2 is 1.89 bits per heavy atom. The van der Waals surface area contributed by atoms with Crippen molar-refractivity contribution >= 4 is 11.6 Å². The zero-order valence-corrected chi connectivity index (χ0v) is 12.3. The van der Waals surface area contributed by atoms with Crippen molar-refractivity contribution in [2.24, 2.45) is 5.92 Å². The van der Waals surface area contributed by atoms with Gasteiger partial charge in [0.2, 0.25) is 0 Å². The Kier molecular flexibility index (Phi) is 4.66. The fourth-order valence-electron chi connectivity index (χ4n) is 2.87. The predicted octanol–water partition coefficient (Wildman–Crippen LogP) is 3.25. The smallest absolute Gasteiger partial charge is 0.0409 e. The van der Waals surface area contributed by atoms with Gasteiger partial charge in [-0.3, -0.25) is 4.90 Å². The minimum atomic E-state index is 0.478. The van der Waals surface area contributed by atoms with Crippen molar-refractivity contribution in [2.75, 3.05) is 26.2 Å². The van der Waals surface area contributed by atoms with Crippen molar-refractivity contribution < 1.29 is 0 Å². The Morgan fingerprint density at radius 1 is 1.22 bits per heavy atom. The SMILES string of the molecule is Cc1ccc(Cl)cc1C(C(C)C)N1CCNCC1. The molecule has 1 fully saturated rings. The van der Waals surface area contributed by atoms with Crippen molar-refractivity contribution in [2.45, 2.75) is 26.8 Å². The summed E-state index contributed by atoms with van der Waals surface area (Å²) < 4.78 is 0. The Morgan fingerprint density at radius 3 is 2.50 bits per heavy atom. The topological polar surface area (TPSA) is 15.3 Å². The quantitative estimate of drug-likeness (QED) is 0.904. The van der Waals surface area contributed by atoms with Crippen LogP contribution in [0.5, 0.6) is 0 Å². The Bertz CT molecular complexity index is 397. The van der Waals surface area contributed by atoms with Gasteiger partial charge in [-0.25, -0.2) is 0 Å². The summed E-state index contributed by atoms with van der Waals surface area (Å²) in [7, 11) is 0. The molecule has 100 valence electrons. The molecule has 1 saturated heterocycles. The molecule has 1 aliphatic heterocycles. The van der Waals surface area contributed by atoms with E-state index >= 15 is 0 Å². The number of benzene rings is 1. The van der Waals surface area contributed by atoms with Gasteiger partial charge in [0.15, 0.2) is 0 Å². The Labute approximate surface area is 115 Å². The normalized spacial score (nSPS) is 19.2. The molecule has 3 heteroatoms. The molecule has 18 heavy (non-hydrogen) atoms. The number of piperazine rings is 1. The second kappa shape index (κ2) is 6.05. The maximum absolute atomic E-state index is 6.17. The summed E-state index contributed by atoms with van der Waals surface area (Å²) >= 11 is 6.17. The van der Waals surface area contributed by atoms with Gasteiger partial charge < -0.3 is 5.32 Å². The third-order valence-electron chi connectivity index (χ3n) is 3.74. The van der Waals surface area contributed by atoms with Gasteiger partial charge in [0.05, 0.1) is 0 Å². The summed E-state index contributed by atoms with van der Waals surface area (Å²) in [5.41, 5.74) is 2.73. The van der Waals surface area contributed by atoms with E-state index in [1.165, 1.54) is 11.1 Å². The van der Waals surface area contributed by atoms with E-state index in [1.54, 1.807) is 0 Å². The van der Waals surface area contributed by atoms with E-state index in [0.717, 1.165) is 31.2 Å². The number of nitrogens with zero attached hydrogens (tertiary/aromatic N) is 1. The highest BCUT2D eigenvalue weighted by molar-refractivity contribution is 6.30. The van der Waals surface area contributed by atoms with Crippen LogP contribution in [-0.4, -0.2) is 31.1 Å². The molecule has 1 aliphatic rings. The lowest BCUT2D eigenvalue weighted by Gasteiger charge is -2.38. The van der Waals surface area contributed by atoms with Crippen molar-refractivity contribution in [1.82, 2.24) is 10.2 Å². The molecule has 2 nitrogen and oxygen atoms in total. The van der Waals surface area contributed by atoms with Gasteiger partial charge in [-0.15, -0.1) is 0 Å². The van der Waals surface area contributed by atoms with Gasteiger partial charge in [0.1, 0.15) is 0 Å². The van der Waals surface area contributed by atoms with Crippen LogP contribution < -0.4 is 5.32 Å². The van der Waals surface area contributed by atoms with Gasteiger partial charge in [-0.1, -0.05) is 31.5 Å². The molecule has 2 rings (SSSR count). The van der Waals surface area contributed by atoms with Crippen LogP contribution in [0, 0.1) is 12.8 Å². The van der Waals surface area contributed by atoms with E-state index < -0.39 is 0 Å². The second-order valence-electron chi connectivity index (χ2n) is 5.48. The van der Waals surface area contributed by atoms with Crippen molar-refractivity contribution in [1.29, 1.82) is 0 Å². The Balaban J connectivity index is 2.31. The predicted molar refractivity (Wildman–Crippen MR) is 78.2 cm³/mol. The molecule has 0 radical (unpaired) electrons. The van der Waals surface area contributed by atoms with Crippen LogP contribution in [0.25, 0.3) is 0 Å². The summed E-state index contributed by atoms with van der Waals surface area (Å²) in [6.45, 7) is 11.2.